The van der Waals surface area contributed by atoms with Crippen LogP contribution in [-0.2, 0) is 9.53 Å². The number of benzene rings is 2. The van der Waals surface area contributed by atoms with Crippen LogP contribution in [0.25, 0.3) is 6.08 Å². The van der Waals surface area contributed by atoms with E-state index in [4.69, 9.17) is 25.8 Å². The van der Waals surface area contributed by atoms with E-state index in [1.54, 1.807) is 48.5 Å². The van der Waals surface area contributed by atoms with E-state index in [-0.39, 0.29) is 12.4 Å². The quantitative estimate of drug-likeness (QED) is 0.464. The molecule has 5 nitrogen and oxygen atoms in total. The number of hydrogen-bond donors (Lipinski definition) is 0. The molecule has 128 valence electrons. The summed E-state index contributed by atoms with van der Waals surface area (Å²) >= 11 is 5.87. The number of carbonyl (C=O) groups is 2. The van der Waals surface area contributed by atoms with Crippen LogP contribution >= 0.6 is 11.6 Å². The summed E-state index contributed by atoms with van der Waals surface area (Å²) in [5.74, 6) is 0.195. The molecular formula is C19H15ClO5. The fraction of sp³-hybridized carbons (Fsp3) is 0.158. The molecule has 3 rings (SSSR count). The summed E-state index contributed by atoms with van der Waals surface area (Å²) in [6.07, 6.45) is 2.82. The molecule has 0 radical (unpaired) electrons. The highest BCUT2D eigenvalue weighted by molar-refractivity contribution is 6.30. The highest BCUT2D eigenvalue weighted by atomic mass is 35.5. The predicted octanol–water partition coefficient (Wildman–Crippen LogP) is 3.55. The molecule has 1 aliphatic rings. The maximum absolute atomic E-state index is 12.1. The Kier molecular flexibility index (Phi) is 5.36. The number of fused-ring (bicyclic) bond motifs is 1. The van der Waals surface area contributed by atoms with Crippen LogP contribution in [0.3, 0.4) is 0 Å². The maximum Gasteiger partial charge on any atom is 0.331 e. The van der Waals surface area contributed by atoms with Gasteiger partial charge in [-0.2, -0.15) is 0 Å². The van der Waals surface area contributed by atoms with Crippen LogP contribution < -0.4 is 9.47 Å². The average molecular weight is 359 g/mol. The lowest BCUT2D eigenvalue weighted by Crippen LogP contribution is -2.17. The molecule has 0 spiro atoms. The number of halogens is 1. The first-order valence-corrected chi connectivity index (χ1v) is 8.03. The molecule has 0 amide bonds. The molecule has 0 N–H and O–H groups in total. The molecule has 0 aromatic heterocycles. The monoisotopic (exact) mass is 358 g/mol. The number of rotatable bonds is 5. The van der Waals surface area contributed by atoms with E-state index in [1.807, 2.05) is 0 Å². The van der Waals surface area contributed by atoms with Gasteiger partial charge in [0.15, 0.2) is 23.9 Å². The minimum atomic E-state index is -0.606. The third kappa shape index (κ3) is 4.61. The molecule has 25 heavy (non-hydrogen) atoms. The Labute approximate surface area is 149 Å². The summed E-state index contributed by atoms with van der Waals surface area (Å²) in [6.45, 7) is 0.573. The minimum Gasteiger partial charge on any atom is -0.486 e. The summed E-state index contributed by atoms with van der Waals surface area (Å²) in [7, 11) is 0. The number of hydrogen-bond acceptors (Lipinski definition) is 5. The topological polar surface area (TPSA) is 61.8 Å². The Hall–Kier alpha value is -2.79. The highest BCUT2D eigenvalue weighted by Gasteiger charge is 2.15. The Morgan fingerprint density at radius 2 is 1.88 bits per heavy atom. The van der Waals surface area contributed by atoms with Crippen molar-refractivity contribution in [1.82, 2.24) is 0 Å². The minimum absolute atomic E-state index is 0.318. The van der Waals surface area contributed by atoms with Crippen LogP contribution in [-0.4, -0.2) is 31.6 Å². The molecule has 0 saturated heterocycles. The van der Waals surface area contributed by atoms with E-state index in [1.165, 1.54) is 6.08 Å². The molecule has 0 aliphatic carbocycles. The van der Waals surface area contributed by atoms with Gasteiger partial charge in [-0.3, -0.25) is 4.79 Å². The van der Waals surface area contributed by atoms with Gasteiger partial charge in [0.1, 0.15) is 13.2 Å². The van der Waals surface area contributed by atoms with Gasteiger partial charge in [0, 0.05) is 16.7 Å². The number of ether oxygens (including phenoxy) is 3. The first kappa shape index (κ1) is 17.0. The summed E-state index contributed by atoms with van der Waals surface area (Å²) in [4.78, 5) is 23.9. The second kappa shape index (κ2) is 7.85. The van der Waals surface area contributed by atoms with Crippen molar-refractivity contribution in [3.63, 3.8) is 0 Å². The zero-order valence-electron chi connectivity index (χ0n) is 13.2. The van der Waals surface area contributed by atoms with Gasteiger partial charge in [0.25, 0.3) is 0 Å². The van der Waals surface area contributed by atoms with Crippen molar-refractivity contribution in [2.75, 3.05) is 19.8 Å². The van der Waals surface area contributed by atoms with Crippen molar-refractivity contribution < 1.29 is 23.8 Å². The van der Waals surface area contributed by atoms with Crippen LogP contribution in [0.1, 0.15) is 15.9 Å². The number of ketones is 1. The summed E-state index contributed by atoms with van der Waals surface area (Å²) < 4.78 is 15.8. The van der Waals surface area contributed by atoms with E-state index in [2.05, 4.69) is 0 Å². The van der Waals surface area contributed by atoms with Gasteiger partial charge >= 0.3 is 5.97 Å². The number of esters is 1. The smallest absolute Gasteiger partial charge is 0.331 e. The van der Waals surface area contributed by atoms with Crippen LogP contribution in [0, 0.1) is 0 Å². The van der Waals surface area contributed by atoms with Crippen LogP contribution in [0.2, 0.25) is 5.02 Å². The third-order valence-electron chi connectivity index (χ3n) is 3.47. The van der Waals surface area contributed by atoms with Crippen LogP contribution in [0.5, 0.6) is 11.5 Å². The van der Waals surface area contributed by atoms with E-state index in [9.17, 15) is 9.59 Å². The Balaban J connectivity index is 1.56. The summed E-state index contributed by atoms with van der Waals surface area (Å²) in [6, 6.07) is 11.9. The van der Waals surface area contributed by atoms with E-state index >= 15 is 0 Å². The fourth-order valence-electron chi connectivity index (χ4n) is 2.26. The van der Waals surface area contributed by atoms with Crippen molar-refractivity contribution >= 4 is 29.4 Å². The number of carbonyl (C=O) groups excluding carboxylic acids is 2. The van der Waals surface area contributed by atoms with Crippen molar-refractivity contribution in [2.45, 2.75) is 0 Å². The van der Waals surface area contributed by atoms with Gasteiger partial charge < -0.3 is 14.2 Å². The van der Waals surface area contributed by atoms with Gasteiger partial charge in [-0.15, -0.1) is 0 Å². The molecule has 0 unspecified atom stereocenters. The molecule has 0 atom stereocenters. The molecule has 2 aromatic carbocycles. The molecule has 0 fully saturated rings. The molecule has 1 aliphatic heterocycles. The van der Waals surface area contributed by atoms with E-state index in [0.717, 1.165) is 5.56 Å². The van der Waals surface area contributed by atoms with Crippen molar-refractivity contribution in [3.8, 4) is 11.5 Å². The maximum atomic E-state index is 12.1. The summed E-state index contributed by atoms with van der Waals surface area (Å²) in [5.41, 5.74) is 1.17. The first-order chi connectivity index (χ1) is 12.1. The molecule has 1 heterocycles. The molecule has 0 saturated carbocycles. The lowest BCUT2D eigenvalue weighted by Gasteiger charge is -2.18. The molecule has 6 heteroatoms. The second-order valence-corrected chi connectivity index (χ2v) is 5.71. The second-order valence-electron chi connectivity index (χ2n) is 5.28. The average Bonchev–Trinajstić information content (AvgIpc) is 2.64. The summed E-state index contributed by atoms with van der Waals surface area (Å²) in [5, 5.41) is 0.573. The Morgan fingerprint density at radius 1 is 1.08 bits per heavy atom. The highest BCUT2D eigenvalue weighted by Crippen LogP contribution is 2.30. The Bertz CT molecular complexity index is 828. The van der Waals surface area contributed by atoms with Gasteiger partial charge in [0.2, 0.25) is 0 Å². The van der Waals surface area contributed by atoms with E-state index < -0.39 is 5.97 Å². The van der Waals surface area contributed by atoms with Crippen molar-refractivity contribution in [2.24, 2.45) is 0 Å². The third-order valence-corrected chi connectivity index (χ3v) is 3.71. The largest absolute Gasteiger partial charge is 0.486 e. The van der Waals surface area contributed by atoms with Crippen molar-refractivity contribution in [3.05, 3.63) is 64.7 Å². The molecular weight excluding hydrogens is 344 g/mol. The zero-order chi connectivity index (χ0) is 17.6. The Morgan fingerprint density at radius 3 is 2.68 bits per heavy atom. The van der Waals surface area contributed by atoms with Crippen LogP contribution in [0.15, 0.2) is 48.5 Å². The van der Waals surface area contributed by atoms with Gasteiger partial charge in [-0.1, -0.05) is 23.7 Å². The standard InChI is InChI=1S/C19H15ClO5/c20-15-3-1-2-13(10-15)4-7-19(22)25-12-16(21)14-5-6-17-18(11-14)24-9-8-23-17/h1-7,10-11H,8-9,12H2. The van der Waals surface area contributed by atoms with Gasteiger partial charge in [0.05, 0.1) is 0 Å². The normalized spacial score (nSPS) is 12.8. The first-order valence-electron chi connectivity index (χ1n) is 7.65. The predicted molar refractivity (Wildman–Crippen MR) is 93.2 cm³/mol. The van der Waals surface area contributed by atoms with E-state index in [0.29, 0.717) is 35.3 Å². The van der Waals surface area contributed by atoms with Crippen molar-refractivity contribution in [1.29, 1.82) is 0 Å². The molecule has 2 aromatic rings. The molecule has 0 bridgehead atoms. The SMILES string of the molecule is O=C(C=Cc1cccc(Cl)c1)OCC(=O)c1ccc2c(c1)OCCO2. The zero-order valence-corrected chi connectivity index (χ0v) is 14.0. The lowest BCUT2D eigenvalue weighted by molar-refractivity contribution is -0.136. The number of Topliss-reactive ketones (excluding diaryl/α,β-unsaturated/α-hetero) is 1. The van der Waals surface area contributed by atoms with Gasteiger partial charge in [-0.05, 0) is 42.0 Å². The fourth-order valence-corrected chi connectivity index (χ4v) is 2.46. The van der Waals surface area contributed by atoms with Gasteiger partial charge in [-0.25, -0.2) is 4.79 Å². The van der Waals surface area contributed by atoms with Crippen LogP contribution in [0.4, 0.5) is 0 Å². The lowest BCUT2D eigenvalue weighted by atomic mass is 10.1.